The third kappa shape index (κ3) is 5.90. The van der Waals surface area contributed by atoms with Crippen LogP contribution < -0.4 is 9.64 Å². The maximum absolute atomic E-state index is 14.0. The highest BCUT2D eigenvalue weighted by molar-refractivity contribution is 9.10. The van der Waals surface area contributed by atoms with Gasteiger partial charge in [0, 0.05) is 30.7 Å². The lowest BCUT2D eigenvalue weighted by Crippen LogP contribution is -2.39. The summed E-state index contributed by atoms with van der Waals surface area (Å²) < 4.78 is 13.6. The van der Waals surface area contributed by atoms with Gasteiger partial charge in [-0.3, -0.25) is 14.6 Å². The first-order valence-corrected chi connectivity index (χ1v) is 13.3. The summed E-state index contributed by atoms with van der Waals surface area (Å²) in [4.78, 5) is 22.9. The van der Waals surface area contributed by atoms with Crippen LogP contribution >= 0.6 is 27.3 Å². The predicted octanol–water partition coefficient (Wildman–Crippen LogP) is 6.22. The van der Waals surface area contributed by atoms with Gasteiger partial charge in [0.05, 0.1) is 29.0 Å². The normalized spacial score (nSPS) is 14.2. The molecule has 8 heteroatoms. The second kappa shape index (κ2) is 11.3. The molecule has 2 heterocycles. The van der Waals surface area contributed by atoms with E-state index in [9.17, 15) is 4.79 Å². The lowest BCUT2D eigenvalue weighted by Gasteiger charge is -2.28. The van der Waals surface area contributed by atoms with Gasteiger partial charge in [0.25, 0.3) is 5.91 Å². The van der Waals surface area contributed by atoms with Crippen molar-refractivity contribution in [3.63, 3.8) is 0 Å². The highest BCUT2D eigenvalue weighted by atomic mass is 79.9. The van der Waals surface area contributed by atoms with Crippen molar-refractivity contribution in [2.45, 2.75) is 6.42 Å². The molecule has 0 spiro atoms. The van der Waals surface area contributed by atoms with Crippen molar-refractivity contribution in [1.82, 2.24) is 9.88 Å². The molecule has 180 valence electrons. The largest absolute Gasteiger partial charge is 0.457 e. The Morgan fingerprint density at radius 1 is 1.06 bits per heavy atom. The van der Waals surface area contributed by atoms with Crippen LogP contribution in [0.15, 0.2) is 77.3 Å². The van der Waals surface area contributed by atoms with E-state index < -0.39 is 0 Å². The van der Waals surface area contributed by atoms with Crippen molar-refractivity contribution < 1.29 is 14.3 Å². The van der Waals surface area contributed by atoms with E-state index in [1.807, 2.05) is 72.8 Å². The quantitative estimate of drug-likeness (QED) is 0.260. The minimum absolute atomic E-state index is 0.114. The third-order valence-electron chi connectivity index (χ3n) is 5.86. The molecule has 1 aliphatic rings. The number of thiazole rings is 1. The number of benzene rings is 3. The van der Waals surface area contributed by atoms with Crippen LogP contribution in [-0.2, 0) is 4.74 Å². The number of rotatable bonds is 8. The molecule has 5 rings (SSSR count). The van der Waals surface area contributed by atoms with Gasteiger partial charge in [-0.15, -0.1) is 0 Å². The van der Waals surface area contributed by atoms with Crippen molar-refractivity contribution in [2.75, 3.05) is 44.3 Å². The smallest absolute Gasteiger partial charge is 0.263 e. The average molecular weight is 552 g/mol. The zero-order valence-corrected chi connectivity index (χ0v) is 21.6. The number of fused-ring (bicyclic) bond motifs is 1. The zero-order chi connectivity index (χ0) is 24.0. The third-order valence-corrected chi connectivity index (χ3v) is 7.40. The summed E-state index contributed by atoms with van der Waals surface area (Å²) in [6.07, 6.45) is 0.840. The summed E-state index contributed by atoms with van der Waals surface area (Å²) in [5.74, 6) is 1.11. The van der Waals surface area contributed by atoms with E-state index in [0.717, 1.165) is 54.0 Å². The Labute approximate surface area is 217 Å². The van der Waals surface area contributed by atoms with Gasteiger partial charge in [0.2, 0.25) is 0 Å². The number of anilines is 1. The molecule has 0 radical (unpaired) electrons. The number of hydrogen-bond acceptors (Lipinski definition) is 6. The van der Waals surface area contributed by atoms with E-state index in [0.29, 0.717) is 28.7 Å². The molecule has 1 fully saturated rings. The first-order chi connectivity index (χ1) is 17.2. The lowest BCUT2D eigenvalue weighted by molar-refractivity contribution is 0.0376. The van der Waals surface area contributed by atoms with Crippen molar-refractivity contribution >= 4 is 48.5 Å². The molecule has 6 nitrogen and oxygen atoms in total. The maximum atomic E-state index is 14.0. The number of hydrogen-bond donors (Lipinski definition) is 0. The van der Waals surface area contributed by atoms with Crippen LogP contribution in [0.25, 0.3) is 10.2 Å². The number of morpholine rings is 1. The van der Waals surface area contributed by atoms with Crippen molar-refractivity contribution in [3.05, 3.63) is 82.8 Å². The molecule has 1 aromatic heterocycles. The van der Waals surface area contributed by atoms with Gasteiger partial charge in [0.15, 0.2) is 5.13 Å². The molecule has 35 heavy (non-hydrogen) atoms. The number of ether oxygens (including phenoxy) is 2. The number of carbonyl (C=O) groups excluding carboxylic acids is 1. The van der Waals surface area contributed by atoms with E-state index in [1.54, 1.807) is 4.90 Å². The molecular formula is C27H26BrN3O3S. The molecule has 0 atom stereocenters. The van der Waals surface area contributed by atoms with Gasteiger partial charge in [0.1, 0.15) is 11.5 Å². The van der Waals surface area contributed by atoms with Gasteiger partial charge in [-0.05, 0) is 48.9 Å². The minimum atomic E-state index is -0.114. The summed E-state index contributed by atoms with van der Waals surface area (Å²) in [6, 6.07) is 22.9. The Bertz CT molecular complexity index is 1290. The Morgan fingerprint density at radius 3 is 2.66 bits per heavy atom. The highest BCUT2D eigenvalue weighted by Crippen LogP contribution is 2.33. The molecule has 0 bridgehead atoms. The fourth-order valence-electron chi connectivity index (χ4n) is 4.06. The number of aromatic nitrogens is 1. The van der Waals surface area contributed by atoms with Gasteiger partial charge < -0.3 is 9.47 Å². The van der Waals surface area contributed by atoms with E-state index in [4.69, 9.17) is 14.5 Å². The lowest BCUT2D eigenvalue weighted by atomic mass is 10.1. The SMILES string of the molecule is O=C(c1ccccc1Oc1ccccc1)N(CCCN1CCOCC1)c1nc2ccc(Br)cc2s1. The highest BCUT2D eigenvalue weighted by Gasteiger charge is 2.24. The first-order valence-electron chi connectivity index (χ1n) is 11.7. The molecule has 4 aromatic rings. The molecule has 0 aliphatic carbocycles. The Morgan fingerprint density at radius 2 is 1.83 bits per heavy atom. The van der Waals surface area contributed by atoms with E-state index in [1.165, 1.54) is 11.3 Å². The van der Waals surface area contributed by atoms with Crippen molar-refractivity contribution in [3.8, 4) is 11.5 Å². The maximum Gasteiger partial charge on any atom is 0.263 e. The van der Waals surface area contributed by atoms with Crippen molar-refractivity contribution in [2.24, 2.45) is 0 Å². The number of nitrogens with zero attached hydrogens (tertiary/aromatic N) is 3. The molecule has 1 saturated heterocycles. The minimum Gasteiger partial charge on any atom is -0.457 e. The van der Waals surface area contributed by atoms with Crippen molar-refractivity contribution in [1.29, 1.82) is 0 Å². The summed E-state index contributed by atoms with van der Waals surface area (Å²) >= 11 is 5.07. The standard InChI is InChI=1S/C27H26BrN3O3S/c28-20-11-12-23-25(19-20)35-27(29-23)31(14-6-13-30-15-17-33-18-16-30)26(32)22-9-4-5-10-24(22)34-21-7-2-1-3-8-21/h1-5,7-12,19H,6,13-18H2. The second-order valence-electron chi connectivity index (χ2n) is 8.28. The van der Waals surface area contributed by atoms with Crippen LogP contribution in [0.5, 0.6) is 11.5 Å². The van der Waals surface area contributed by atoms with Gasteiger partial charge in [-0.2, -0.15) is 0 Å². The predicted molar refractivity (Wildman–Crippen MR) is 144 cm³/mol. The van der Waals surface area contributed by atoms with Gasteiger partial charge in [-0.25, -0.2) is 4.98 Å². The van der Waals surface area contributed by atoms with Crippen LogP contribution in [0.3, 0.4) is 0 Å². The topological polar surface area (TPSA) is 54.9 Å². The van der Waals surface area contributed by atoms with Crippen LogP contribution in [0.1, 0.15) is 16.8 Å². The first kappa shape index (κ1) is 23.9. The molecule has 1 aliphatic heterocycles. The summed E-state index contributed by atoms with van der Waals surface area (Å²) in [6.45, 7) is 4.86. The van der Waals surface area contributed by atoms with E-state index in [-0.39, 0.29) is 5.91 Å². The molecule has 1 amide bonds. The fourth-order valence-corrected chi connectivity index (χ4v) is 5.60. The van der Waals surface area contributed by atoms with Crippen LogP contribution in [0, 0.1) is 0 Å². The number of amides is 1. The van der Waals surface area contributed by atoms with Gasteiger partial charge >= 0.3 is 0 Å². The molecule has 0 saturated carbocycles. The second-order valence-corrected chi connectivity index (χ2v) is 10.2. The number of halogens is 1. The summed E-state index contributed by atoms with van der Waals surface area (Å²) in [5, 5.41) is 0.694. The molecule has 3 aromatic carbocycles. The summed E-state index contributed by atoms with van der Waals surface area (Å²) in [7, 11) is 0. The fraction of sp³-hybridized carbons (Fsp3) is 0.259. The van der Waals surface area contributed by atoms with Crippen LogP contribution in [0.4, 0.5) is 5.13 Å². The van der Waals surface area contributed by atoms with Gasteiger partial charge in [-0.1, -0.05) is 57.6 Å². The molecule has 0 N–H and O–H groups in total. The van der Waals surface area contributed by atoms with Crippen LogP contribution in [0.2, 0.25) is 0 Å². The van der Waals surface area contributed by atoms with E-state index in [2.05, 4.69) is 20.8 Å². The van der Waals surface area contributed by atoms with E-state index >= 15 is 0 Å². The Hall–Kier alpha value is -2.78. The molecular weight excluding hydrogens is 526 g/mol. The molecule has 0 unspecified atom stereocenters. The summed E-state index contributed by atoms with van der Waals surface area (Å²) in [5.41, 5.74) is 1.40. The average Bonchev–Trinajstić information content (AvgIpc) is 3.30. The Kier molecular flexibility index (Phi) is 7.73. The van der Waals surface area contributed by atoms with Crippen LogP contribution in [-0.4, -0.2) is 55.2 Å². The number of para-hydroxylation sites is 2. The Balaban J connectivity index is 1.43. The zero-order valence-electron chi connectivity index (χ0n) is 19.2. The monoisotopic (exact) mass is 551 g/mol. The number of carbonyl (C=O) groups is 1.